The van der Waals surface area contributed by atoms with E-state index >= 15 is 0 Å². The summed E-state index contributed by atoms with van der Waals surface area (Å²) in [6, 6.07) is 4.64. The molecule has 1 amide bonds. The second-order valence-electron chi connectivity index (χ2n) is 6.19. The minimum Gasteiger partial charge on any atom is -0.463 e. The zero-order valence-electron chi connectivity index (χ0n) is 14.8. The Labute approximate surface area is 149 Å². The van der Waals surface area contributed by atoms with Crippen LogP contribution in [0.4, 0.5) is 8.78 Å². The van der Waals surface area contributed by atoms with Gasteiger partial charge in [0.2, 0.25) is 5.91 Å². The van der Waals surface area contributed by atoms with Crippen LogP contribution in [0.1, 0.15) is 38.0 Å². The first-order valence-corrected chi connectivity index (χ1v) is 8.40. The Bertz CT molecular complexity index is 919. The molecule has 0 aliphatic heterocycles. The third-order valence-corrected chi connectivity index (χ3v) is 4.23. The smallest absolute Gasteiger partial charge is 0.264 e. The van der Waals surface area contributed by atoms with Crippen molar-refractivity contribution >= 4 is 16.9 Å². The molecule has 138 valence electrons. The van der Waals surface area contributed by atoms with Crippen LogP contribution in [0.2, 0.25) is 0 Å². The monoisotopic (exact) mass is 362 g/mol. The van der Waals surface area contributed by atoms with Gasteiger partial charge in [-0.25, -0.2) is 18.4 Å². The van der Waals surface area contributed by atoms with Crippen molar-refractivity contribution in [1.29, 1.82) is 0 Å². The molecule has 8 heteroatoms. The van der Waals surface area contributed by atoms with Gasteiger partial charge in [-0.3, -0.25) is 4.79 Å². The average Bonchev–Trinajstić information content (AvgIpc) is 3.23. The van der Waals surface area contributed by atoms with Crippen molar-refractivity contribution in [3.63, 3.8) is 0 Å². The van der Waals surface area contributed by atoms with Crippen LogP contribution in [0.5, 0.6) is 0 Å². The lowest BCUT2D eigenvalue weighted by Gasteiger charge is -2.11. The van der Waals surface area contributed by atoms with E-state index in [1.807, 2.05) is 13.8 Å². The SMILES string of the molecule is CCC(C)NC(=O)Cn1nc(C)c2c(C(F)F)cc(-c3ccco3)nc21. The number of amides is 1. The minimum absolute atomic E-state index is 0.0219. The summed E-state index contributed by atoms with van der Waals surface area (Å²) in [6.45, 7) is 5.40. The third-order valence-electron chi connectivity index (χ3n) is 4.23. The highest BCUT2D eigenvalue weighted by Crippen LogP contribution is 2.33. The molecule has 0 aromatic carbocycles. The zero-order chi connectivity index (χ0) is 18.8. The number of aromatic nitrogens is 3. The number of hydrogen-bond acceptors (Lipinski definition) is 4. The Morgan fingerprint density at radius 1 is 1.42 bits per heavy atom. The molecule has 0 spiro atoms. The quantitative estimate of drug-likeness (QED) is 0.723. The lowest BCUT2D eigenvalue weighted by atomic mass is 10.1. The summed E-state index contributed by atoms with van der Waals surface area (Å²) < 4.78 is 33.9. The first-order valence-electron chi connectivity index (χ1n) is 8.40. The van der Waals surface area contributed by atoms with Gasteiger partial charge in [-0.15, -0.1) is 0 Å². The average molecular weight is 362 g/mol. The van der Waals surface area contributed by atoms with Crippen LogP contribution in [0, 0.1) is 6.92 Å². The maximum Gasteiger partial charge on any atom is 0.264 e. The minimum atomic E-state index is -2.69. The number of alkyl halides is 2. The van der Waals surface area contributed by atoms with Crippen LogP contribution < -0.4 is 5.32 Å². The van der Waals surface area contributed by atoms with Crippen LogP contribution in [0.3, 0.4) is 0 Å². The van der Waals surface area contributed by atoms with Crippen LogP contribution in [0.15, 0.2) is 28.9 Å². The van der Waals surface area contributed by atoms with Crippen molar-refractivity contribution in [2.45, 2.75) is 46.2 Å². The normalized spacial score (nSPS) is 12.7. The molecule has 3 aromatic heterocycles. The van der Waals surface area contributed by atoms with Crippen LogP contribution in [0.25, 0.3) is 22.5 Å². The van der Waals surface area contributed by atoms with Gasteiger partial charge in [-0.2, -0.15) is 5.10 Å². The molecule has 0 saturated carbocycles. The fourth-order valence-corrected chi connectivity index (χ4v) is 2.78. The van der Waals surface area contributed by atoms with E-state index in [1.165, 1.54) is 17.0 Å². The predicted octanol–water partition coefficient (Wildman–Crippen LogP) is 3.85. The van der Waals surface area contributed by atoms with Gasteiger partial charge in [0.05, 0.1) is 17.3 Å². The van der Waals surface area contributed by atoms with Gasteiger partial charge in [-0.05, 0) is 38.5 Å². The van der Waals surface area contributed by atoms with E-state index in [2.05, 4.69) is 15.4 Å². The third kappa shape index (κ3) is 3.44. The standard InChI is InChI=1S/C18H20F2N4O2/c1-4-10(2)21-15(25)9-24-18-16(11(3)23-24)12(17(19)20)8-13(22-18)14-6-5-7-26-14/h5-8,10,17H,4,9H2,1-3H3,(H,21,25). The van der Waals surface area contributed by atoms with Gasteiger partial charge < -0.3 is 9.73 Å². The van der Waals surface area contributed by atoms with Crippen LogP contribution in [-0.2, 0) is 11.3 Å². The second kappa shape index (κ2) is 7.23. The number of pyridine rings is 1. The Morgan fingerprint density at radius 3 is 2.81 bits per heavy atom. The molecule has 0 radical (unpaired) electrons. The molecular formula is C18H20F2N4O2. The van der Waals surface area contributed by atoms with E-state index in [4.69, 9.17) is 4.42 Å². The van der Waals surface area contributed by atoms with Gasteiger partial charge in [0.25, 0.3) is 6.43 Å². The number of carbonyl (C=O) groups excluding carboxylic acids is 1. The molecular weight excluding hydrogens is 342 g/mol. The predicted molar refractivity (Wildman–Crippen MR) is 92.8 cm³/mol. The summed E-state index contributed by atoms with van der Waals surface area (Å²) in [7, 11) is 0. The van der Waals surface area contributed by atoms with E-state index < -0.39 is 6.43 Å². The van der Waals surface area contributed by atoms with Gasteiger partial charge in [-0.1, -0.05) is 6.92 Å². The highest BCUT2D eigenvalue weighted by atomic mass is 19.3. The summed E-state index contributed by atoms with van der Waals surface area (Å²) in [5.41, 5.74) is 0.755. The highest BCUT2D eigenvalue weighted by Gasteiger charge is 2.22. The number of aryl methyl sites for hydroxylation is 1. The summed E-state index contributed by atoms with van der Waals surface area (Å²) in [5, 5.41) is 7.37. The molecule has 0 saturated heterocycles. The largest absolute Gasteiger partial charge is 0.463 e. The van der Waals surface area contributed by atoms with E-state index in [9.17, 15) is 13.6 Å². The number of halogens is 2. The molecule has 3 heterocycles. The second-order valence-corrected chi connectivity index (χ2v) is 6.19. The number of nitrogens with one attached hydrogen (secondary N) is 1. The first-order chi connectivity index (χ1) is 12.4. The summed E-state index contributed by atoms with van der Waals surface area (Å²) in [4.78, 5) is 16.6. The molecule has 0 aliphatic rings. The molecule has 1 atom stereocenters. The fourth-order valence-electron chi connectivity index (χ4n) is 2.78. The Balaban J connectivity index is 2.09. The topological polar surface area (TPSA) is 73.0 Å². The van der Waals surface area contributed by atoms with Crippen LogP contribution in [-0.4, -0.2) is 26.7 Å². The number of fused-ring (bicyclic) bond motifs is 1. The van der Waals surface area contributed by atoms with Gasteiger partial charge in [0.1, 0.15) is 12.2 Å². The summed E-state index contributed by atoms with van der Waals surface area (Å²) in [6.07, 6.45) is -0.452. The molecule has 0 bridgehead atoms. The maximum atomic E-state index is 13.6. The lowest BCUT2D eigenvalue weighted by Crippen LogP contribution is -2.34. The lowest BCUT2D eigenvalue weighted by molar-refractivity contribution is -0.122. The van der Waals surface area contributed by atoms with Gasteiger partial charge >= 0.3 is 0 Å². The van der Waals surface area contributed by atoms with Gasteiger partial charge in [0.15, 0.2) is 11.4 Å². The highest BCUT2D eigenvalue weighted by molar-refractivity contribution is 5.86. The molecule has 6 nitrogen and oxygen atoms in total. The first kappa shape index (κ1) is 18.0. The Morgan fingerprint density at radius 2 is 2.19 bits per heavy atom. The van der Waals surface area contributed by atoms with E-state index in [0.29, 0.717) is 11.5 Å². The zero-order valence-corrected chi connectivity index (χ0v) is 14.8. The number of nitrogens with zero attached hydrogens (tertiary/aromatic N) is 3. The molecule has 3 aromatic rings. The van der Waals surface area contributed by atoms with Crippen molar-refractivity contribution in [1.82, 2.24) is 20.1 Å². The molecule has 0 fully saturated rings. The number of furan rings is 1. The summed E-state index contributed by atoms with van der Waals surface area (Å²) >= 11 is 0. The molecule has 1 unspecified atom stereocenters. The van der Waals surface area contributed by atoms with E-state index in [0.717, 1.165) is 6.42 Å². The number of hydrogen-bond donors (Lipinski definition) is 1. The maximum absolute atomic E-state index is 13.6. The van der Waals surface area contributed by atoms with Crippen molar-refractivity contribution < 1.29 is 18.0 Å². The van der Waals surface area contributed by atoms with Gasteiger partial charge in [0, 0.05) is 11.6 Å². The van der Waals surface area contributed by atoms with E-state index in [-0.39, 0.29) is 40.8 Å². The molecule has 3 rings (SSSR count). The van der Waals surface area contributed by atoms with Crippen molar-refractivity contribution in [3.8, 4) is 11.5 Å². The molecule has 26 heavy (non-hydrogen) atoms. The van der Waals surface area contributed by atoms with Crippen LogP contribution >= 0.6 is 0 Å². The number of carbonyl (C=O) groups is 1. The number of rotatable bonds is 6. The molecule has 1 N–H and O–H groups in total. The van der Waals surface area contributed by atoms with E-state index in [1.54, 1.807) is 19.1 Å². The van der Waals surface area contributed by atoms with Crippen molar-refractivity contribution in [2.75, 3.05) is 0 Å². The Kier molecular flexibility index (Phi) is 5.01. The fraction of sp³-hybridized carbons (Fsp3) is 0.389. The summed E-state index contributed by atoms with van der Waals surface area (Å²) in [5.74, 6) is 0.135. The Hall–Kier alpha value is -2.77. The van der Waals surface area contributed by atoms with Crippen molar-refractivity contribution in [3.05, 3.63) is 35.7 Å². The van der Waals surface area contributed by atoms with Crippen molar-refractivity contribution in [2.24, 2.45) is 0 Å². The molecule has 0 aliphatic carbocycles.